The van der Waals surface area contributed by atoms with Crippen molar-refractivity contribution < 1.29 is 23.5 Å². The van der Waals surface area contributed by atoms with E-state index < -0.39 is 0 Å². The zero-order valence-electron chi connectivity index (χ0n) is 29.1. The van der Waals surface area contributed by atoms with Gasteiger partial charge in [0.1, 0.15) is 13.1 Å². The minimum absolute atomic E-state index is 0.0831. The van der Waals surface area contributed by atoms with Gasteiger partial charge in [-0.05, 0) is 87.7 Å². The van der Waals surface area contributed by atoms with Gasteiger partial charge in [0.2, 0.25) is 5.91 Å². The van der Waals surface area contributed by atoms with Gasteiger partial charge in [0, 0.05) is 18.7 Å². The third-order valence-corrected chi connectivity index (χ3v) is 9.46. The highest BCUT2D eigenvalue weighted by Crippen LogP contribution is 2.23. The molecule has 2 aromatic carbocycles. The summed E-state index contributed by atoms with van der Waals surface area (Å²) >= 11 is 0. The lowest BCUT2D eigenvalue weighted by Gasteiger charge is -2.38. The van der Waals surface area contributed by atoms with Gasteiger partial charge in [-0.25, -0.2) is 0 Å². The summed E-state index contributed by atoms with van der Waals surface area (Å²) in [4.78, 5) is 28.9. The van der Waals surface area contributed by atoms with Crippen LogP contribution in [0.4, 0.5) is 5.69 Å². The van der Waals surface area contributed by atoms with Crippen molar-refractivity contribution in [2.75, 3.05) is 71.0 Å². The van der Waals surface area contributed by atoms with Crippen molar-refractivity contribution in [3.8, 4) is 0 Å². The Kier molecular flexibility index (Phi) is 15.7. The second-order valence-electron chi connectivity index (χ2n) is 13.1. The van der Waals surface area contributed by atoms with Crippen LogP contribution in [-0.2, 0) is 25.5 Å². The number of benzene rings is 2. The summed E-state index contributed by atoms with van der Waals surface area (Å²) in [7, 11) is 0. The number of para-hydroxylation sites is 1. The highest BCUT2D eigenvalue weighted by atomic mass is 16.5. The molecule has 1 fully saturated rings. The van der Waals surface area contributed by atoms with Gasteiger partial charge in [-0.15, -0.1) is 0 Å². The van der Waals surface area contributed by atoms with Crippen molar-refractivity contribution in [3.05, 3.63) is 64.2 Å². The van der Waals surface area contributed by atoms with Crippen LogP contribution in [0.1, 0.15) is 80.2 Å². The van der Waals surface area contributed by atoms with Crippen LogP contribution in [0.2, 0.25) is 0 Å². The molecule has 3 rings (SSSR count). The predicted molar refractivity (Wildman–Crippen MR) is 185 cm³/mol. The van der Waals surface area contributed by atoms with Crippen LogP contribution in [0.3, 0.4) is 0 Å². The fourth-order valence-corrected chi connectivity index (χ4v) is 6.83. The number of quaternary nitrogens is 1. The number of rotatable bonds is 20. The Hall–Kier alpha value is -2.58. The fourth-order valence-electron chi connectivity index (χ4n) is 6.83. The topological polar surface area (TPSA) is 67.9 Å². The number of likely N-dealkylation sites (tertiary alicyclic amines) is 1. The summed E-state index contributed by atoms with van der Waals surface area (Å²) in [5.41, 5.74) is 6.70. The maximum Gasteiger partial charge on any atom is 0.241 e. The Labute approximate surface area is 273 Å². The zero-order chi connectivity index (χ0) is 32.7. The Bertz CT molecular complexity index is 1170. The van der Waals surface area contributed by atoms with E-state index in [2.05, 4.69) is 56.1 Å². The number of anilines is 1. The van der Waals surface area contributed by atoms with E-state index in [0.29, 0.717) is 45.2 Å². The number of unbranched alkanes of at least 4 members (excludes halogenated alkanes) is 1. The molecule has 0 saturated carbocycles. The number of ketones is 1. The second kappa shape index (κ2) is 19.2. The number of aryl methyl sites for hydroxylation is 4. The molecule has 1 heterocycles. The molecule has 0 aromatic heterocycles. The van der Waals surface area contributed by atoms with E-state index in [1.54, 1.807) is 0 Å². The van der Waals surface area contributed by atoms with Crippen LogP contribution in [0.15, 0.2) is 36.4 Å². The average Bonchev–Trinajstić information content (AvgIpc) is 3.01. The average molecular weight is 623 g/mol. The van der Waals surface area contributed by atoms with Gasteiger partial charge in [-0.2, -0.15) is 0 Å². The first-order valence-electron chi connectivity index (χ1n) is 17.4. The Balaban J connectivity index is 1.43. The second-order valence-corrected chi connectivity index (χ2v) is 13.1. The number of Topliss-reactive ketones (excluding diaryl/α,β-unsaturated/α-hetero) is 1. The monoisotopic (exact) mass is 622 g/mol. The van der Waals surface area contributed by atoms with Crippen LogP contribution in [0, 0.1) is 27.7 Å². The van der Waals surface area contributed by atoms with Crippen LogP contribution in [-0.4, -0.2) is 92.8 Å². The standard InChI is InChI=1S/C38H59N3O4/c1-7-9-22-41(21-8-2,29-34(42)28-35-30(3)14-12-15-31(35)4)23-25-45-27-26-44-24-20-40-19-11-10-18-36(40)38(43)39-37-32(5)16-13-17-33(37)6/h12-17,36H,7-11,18-29H2,1-6H3/p+1. The van der Waals surface area contributed by atoms with Crippen molar-refractivity contribution in [1.82, 2.24) is 4.90 Å². The molecule has 7 nitrogen and oxygen atoms in total. The predicted octanol–water partition coefficient (Wildman–Crippen LogP) is 6.59. The van der Waals surface area contributed by atoms with Crippen LogP contribution < -0.4 is 5.32 Å². The summed E-state index contributed by atoms with van der Waals surface area (Å²) in [6, 6.07) is 12.3. The molecule has 2 unspecified atom stereocenters. The molecule has 1 saturated heterocycles. The van der Waals surface area contributed by atoms with Gasteiger partial charge in [-0.3, -0.25) is 14.5 Å². The van der Waals surface area contributed by atoms with E-state index in [0.717, 1.165) is 92.5 Å². The van der Waals surface area contributed by atoms with E-state index in [4.69, 9.17) is 9.47 Å². The molecular formula is C38H60N3O4+. The van der Waals surface area contributed by atoms with Gasteiger partial charge in [0.05, 0.1) is 45.6 Å². The number of hydrogen-bond acceptors (Lipinski definition) is 5. The third-order valence-electron chi connectivity index (χ3n) is 9.46. The first-order chi connectivity index (χ1) is 21.7. The molecule has 7 heteroatoms. The number of ether oxygens (including phenoxy) is 2. The molecule has 1 aliphatic heterocycles. The van der Waals surface area contributed by atoms with E-state index in [-0.39, 0.29) is 11.9 Å². The number of nitrogens with one attached hydrogen (secondary N) is 1. The SMILES string of the molecule is CCCC[N+](CCC)(CCOCCOCCN1CCCCC1C(=O)Nc1c(C)cccc1C)CC(=O)Cc1c(C)cccc1C. The van der Waals surface area contributed by atoms with Gasteiger partial charge >= 0.3 is 0 Å². The van der Waals surface area contributed by atoms with Crippen molar-refractivity contribution >= 4 is 17.4 Å². The molecule has 1 N–H and O–H groups in total. The molecule has 1 aliphatic rings. The molecule has 1 amide bonds. The zero-order valence-corrected chi connectivity index (χ0v) is 29.1. The highest BCUT2D eigenvalue weighted by Gasteiger charge is 2.30. The van der Waals surface area contributed by atoms with Crippen LogP contribution >= 0.6 is 0 Å². The molecule has 0 radical (unpaired) electrons. The lowest BCUT2D eigenvalue weighted by Crippen LogP contribution is -2.54. The van der Waals surface area contributed by atoms with Gasteiger partial charge in [-0.1, -0.05) is 63.1 Å². The van der Waals surface area contributed by atoms with E-state index in [1.165, 1.54) is 16.7 Å². The molecule has 0 bridgehead atoms. The lowest BCUT2D eigenvalue weighted by molar-refractivity contribution is -0.921. The minimum Gasteiger partial charge on any atom is -0.378 e. The Morgan fingerprint density at radius 2 is 1.47 bits per heavy atom. The molecule has 0 spiro atoms. The van der Waals surface area contributed by atoms with E-state index in [1.807, 2.05) is 32.0 Å². The maximum absolute atomic E-state index is 13.4. The smallest absolute Gasteiger partial charge is 0.241 e. The van der Waals surface area contributed by atoms with Crippen molar-refractivity contribution in [3.63, 3.8) is 0 Å². The maximum atomic E-state index is 13.4. The first-order valence-corrected chi connectivity index (χ1v) is 17.4. The lowest BCUT2D eigenvalue weighted by atomic mass is 9.97. The van der Waals surface area contributed by atoms with Crippen LogP contribution in [0.25, 0.3) is 0 Å². The Morgan fingerprint density at radius 3 is 2.11 bits per heavy atom. The number of carbonyl (C=O) groups is 2. The molecule has 2 aromatic rings. The molecular weight excluding hydrogens is 562 g/mol. The summed E-state index contributed by atoms with van der Waals surface area (Å²) in [5.74, 6) is 0.402. The van der Waals surface area contributed by atoms with Gasteiger partial charge in [0.15, 0.2) is 5.78 Å². The van der Waals surface area contributed by atoms with Crippen molar-refractivity contribution in [2.45, 2.75) is 92.5 Å². The molecule has 250 valence electrons. The number of carbonyl (C=O) groups excluding carboxylic acids is 2. The number of hydrogen-bond donors (Lipinski definition) is 1. The fraction of sp³-hybridized carbons (Fsp3) is 0.632. The third kappa shape index (κ3) is 11.6. The first kappa shape index (κ1) is 36.9. The van der Waals surface area contributed by atoms with Gasteiger partial charge < -0.3 is 19.3 Å². The summed E-state index contributed by atoms with van der Waals surface area (Å²) < 4.78 is 12.8. The molecule has 45 heavy (non-hydrogen) atoms. The normalized spacial score (nSPS) is 16.8. The number of piperidine rings is 1. The van der Waals surface area contributed by atoms with Crippen molar-refractivity contribution in [1.29, 1.82) is 0 Å². The summed E-state index contributed by atoms with van der Waals surface area (Å²) in [6.07, 6.45) is 6.84. The van der Waals surface area contributed by atoms with E-state index >= 15 is 0 Å². The molecule has 2 atom stereocenters. The summed E-state index contributed by atoms with van der Waals surface area (Å²) in [5, 5.41) is 3.20. The largest absolute Gasteiger partial charge is 0.378 e. The Morgan fingerprint density at radius 1 is 0.822 bits per heavy atom. The number of amides is 1. The number of nitrogens with zero attached hydrogens (tertiary/aromatic N) is 2. The van der Waals surface area contributed by atoms with Crippen LogP contribution in [0.5, 0.6) is 0 Å². The van der Waals surface area contributed by atoms with E-state index in [9.17, 15) is 9.59 Å². The van der Waals surface area contributed by atoms with Crippen molar-refractivity contribution in [2.24, 2.45) is 0 Å². The summed E-state index contributed by atoms with van der Waals surface area (Å²) in [6.45, 7) is 20.0. The highest BCUT2D eigenvalue weighted by molar-refractivity contribution is 5.96. The molecule has 0 aliphatic carbocycles. The van der Waals surface area contributed by atoms with Gasteiger partial charge in [0.25, 0.3) is 0 Å². The minimum atomic E-state index is -0.123. The quantitative estimate of drug-likeness (QED) is 0.133.